The van der Waals surface area contributed by atoms with Crippen molar-refractivity contribution < 1.29 is 19.2 Å². The van der Waals surface area contributed by atoms with E-state index in [0.717, 1.165) is 0 Å². The van der Waals surface area contributed by atoms with E-state index < -0.39 is 10.9 Å². The van der Waals surface area contributed by atoms with Crippen molar-refractivity contribution in [3.05, 3.63) is 51.3 Å². The Bertz CT molecular complexity index is 842. The SMILES string of the molecule is CCOC(=O)c1ccc(NC(=O)CCCn2nc(C)c([N+](=O)[O-])c2C)cc1. The quantitative estimate of drug-likeness (QED) is 0.431. The van der Waals surface area contributed by atoms with Crippen LogP contribution in [0.5, 0.6) is 0 Å². The van der Waals surface area contributed by atoms with Crippen molar-refractivity contribution in [1.29, 1.82) is 0 Å². The molecule has 0 fully saturated rings. The Kier molecular flexibility index (Phi) is 6.64. The third kappa shape index (κ3) is 5.13. The second-order valence-corrected chi connectivity index (χ2v) is 5.95. The fraction of sp³-hybridized carbons (Fsp3) is 0.389. The topological polar surface area (TPSA) is 116 Å². The van der Waals surface area contributed by atoms with Crippen LogP contribution in [0.15, 0.2) is 24.3 Å². The molecule has 0 aliphatic carbocycles. The van der Waals surface area contributed by atoms with Gasteiger partial charge in [0.1, 0.15) is 11.4 Å². The van der Waals surface area contributed by atoms with E-state index in [0.29, 0.717) is 42.2 Å². The Hall–Kier alpha value is -3.23. The molecule has 0 unspecified atom stereocenters. The van der Waals surface area contributed by atoms with Gasteiger partial charge in [0.2, 0.25) is 5.91 Å². The predicted molar refractivity (Wildman–Crippen MR) is 98.6 cm³/mol. The Balaban J connectivity index is 1.86. The van der Waals surface area contributed by atoms with Gasteiger partial charge in [-0.15, -0.1) is 0 Å². The number of hydrogen-bond donors (Lipinski definition) is 1. The van der Waals surface area contributed by atoms with Gasteiger partial charge in [-0.25, -0.2) is 4.79 Å². The van der Waals surface area contributed by atoms with Crippen LogP contribution in [-0.2, 0) is 16.1 Å². The lowest BCUT2D eigenvalue weighted by Gasteiger charge is -2.07. The Morgan fingerprint density at radius 2 is 1.93 bits per heavy atom. The monoisotopic (exact) mass is 374 g/mol. The fourth-order valence-corrected chi connectivity index (χ4v) is 2.69. The predicted octanol–water partition coefficient (Wildman–Crippen LogP) is 3.00. The smallest absolute Gasteiger partial charge is 0.338 e. The molecule has 9 nitrogen and oxygen atoms in total. The first-order valence-corrected chi connectivity index (χ1v) is 8.59. The molecule has 0 atom stereocenters. The molecule has 1 aromatic carbocycles. The van der Waals surface area contributed by atoms with Gasteiger partial charge in [0.05, 0.1) is 17.1 Å². The first-order chi connectivity index (χ1) is 12.8. The molecule has 144 valence electrons. The molecule has 0 aliphatic heterocycles. The minimum Gasteiger partial charge on any atom is -0.462 e. The Morgan fingerprint density at radius 1 is 1.26 bits per heavy atom. The lowest BCUT2D eigenvalue weighted by atomic mass is 10.2. The summed E-state index contributed by atoms with van der Waals surface area (Å²) in [5.74, 6) is -0.593. The van der Waals surface area contributed by atoms with E-state index in [-0.39, 0.29) is 18.0 Å². The number of nitrogens with zero attached hydrogens (tertiary/aromatic N) is 3. The zero-order chi connectivity index (χ0) is 20.0. The maximum absolute atomic E-state index is 12.0. The van der Waals surface area contributed by atoms with Crippen LogP contribution < -0.4 is 5.32 Å². The molecule has 2 aromatic rings. The summed E-state index contributed by atoms with van der Waals surface area (Å²) in [6.07, 6.45) is 0.734. The van der Waals surface area contributed by atoms with Crippen LogP contribution in [0.3, 0.4) is 0 Å². The zero-order valence-electron chi connectivity index (χ0n) is 15.5. The number of aromatic nitrogens is 2. The molecule has 2 rings (SSSR count). The highest BCUT2D eigenvalue weighted by atomic mass is 16.6. The number of nitrogens with one attached hydrogen (secondary N) is 1. The van der Waals surface area contributed by atoms with Gasteiger partial charge in [-0.05, 0) is 51.5 Å². The number of rotatable bonds is 8. The van der Waals surface area contributed by atoms with Crippen molar-refractivity contribution in [2.45, 2.75) is 40.2 Å². The van der Waals surface area contributed by atoms with E-state index in [9.17, 15) is 19.7 Å². The highest BCUT2D eigenvalue weighted by Crippen LogP contribution is 2.22. The van der Waals surface area contributed by atoms with E-state index in [1.807, 2.05) is 0 Å². The molecule has 0 bridgehead atoms. The van der Waals surface area contributed by atoms with Gasteiger partial charge in [-0.1, -0.05) is 0 Å². The third-order valence-electron chi connectivity index (χ3n) is 3.98. The normalized spacial score (nSPS) is 10.5. The average Bonchev–Trinajstić information content (AvgIpc) is 2.89. The lowest BCUT2D eigenvalue weighted by molar-refractivity contribution is -0.386. The largest absolute Gasteiger partial charge is 0.462 e. The van der Waals surface area contributed by atoms with Gasteiger partial charge in [-0.3, -0.25) is 19.6 Å². The number of carbonyl (C=O) groups excluding carboxylic acids is 2. The average molecular weight is 374 g/mol. The van der Waals surface area contributed by atoms with Crippen LogP contribution in [0.2, 0.25) is 0 Å². The number of benzene rings is 1. The fourth-order valence-electron chi connectivity index (χ4n) is 2.69. The molecule has 0 radical (unpaired) electrons. The van der Waals surface area contributed by atoms with Crippen molar-refractivity contribution in [3.63, 3.8) is 0 Å². The van der Waals surface area contributed by atoms with Crippen molar-refractivity contribution in [3.8, 4) is 0 Å². The summed E-state index contributed by atoms with van der Waals surface area (Å²) in [5.41, 5.74) is 1.85. The second-order valence-electron chi connectivity index (χ2n) is 5.95. The first kappa shape index (κ1) is 20.1. The van der Waals surface area contributed by atoms with Gasteiger partial charge in [0.25, 0.3) is 0 Å². The summed E-state index contributed by atoms with van der Waals surface area (Å²) >= 11 is 0. The van der Waals surface area contributed by atoms with Crippen molar-refractivity contribution in [1.82, 2.24) is 9.78 Å². The lowest BCUT2D eigenvalue weighted by Crippen LogP contribution is -2.13. The van der Waals surface area contributed by atoms with Gasteiger partial charge >= 0.3 is 11.7 Å². The van der Waals surface area contributed by atoms with Crippen LogP contribution in [0.4, 0.5) is 11.4 Å². The summed E-state index contributed by atoms with van der Waals surface area (Å²) in [4.78, 5) is 34.2. The van der Waals surface area contributed by atoms with E-state index in [1.54, 1.807) is 49.7 Å². The number of carbonyl (C=O) groups is 2. The third-order valence-corrected chi connectivity index (χ3v) is 3.98. The summed E-state index contributed by atoms with van der Waals surface area (Å²) in [6, 6.07) is 6.44. The van der Waals surface area contributed by atoms with Gasteiger partial charge < -0.3 is 10.1 Å². The molecule has 0 saturated carbocycles. The number of ether oxygens (including phenoxy) is 1. The summed E-state index contributed by atoms with van der Waals surface area (Å²) < 4.78 is 6.45. The number of anilines is 1. The number of amides is 1. The van der Waals surface area contributed by atoms with Gasteiger partial charge in [0, 0.05) is 18.7 Å². The highest BCUT2D eigenvalue weighted by Gasteiger charge is 2.21. The van der Waals surface area contributed by atoms with Crippen LogP contribution in [0, 0.1) is 24.0 Å². The molecule has 1 amide bonds. The Morgan fingerprint density at radius 3 is 2.48 bits per heavy atom. The molecular formula is C18H22N4O5. The van der Waals surface area contributed by atoms with Crippen molar-refractivity contribution >= 4 is 23.3 Å². The molecule has 1 N–H and O–H groups in total. The molecule has 0 saturated heterocycles. The number of aryl methyl sites for hydroxylation is 2. The molecule has 9 heteroatoms. The van der Waals surface area contributed by atoms with Crippen LogP contribution in [0.25, 0.3) is 0 Å². The highest BCUT2D eigenvalue weighted by molar-refractivity contribution is 5.93. The summed E-state index contributed by atoms with van der Waals surface area (Å²) in [6.45, 7) is 5.68. The number of hydrogen-bond acceptors (Lipinski definition) is 6. The molecule has 0 spiro atoms. The Labute approximate surface area is 156 Å². The van der Waals surface area contributed by atoms with Crippen molar-refractivity contribution in [2.75, 3.05) is 11.9 Å². The standard InChI is InChI=1S/C18H22N4O5/c1-4-27-18(24)14-7-9-15(10-8-14)19-16(23)6-5-11-21-13(3)17(22(25)26)12(2)20-21/h7-10H,4-6,11H2,1-3H3,(H,19,23). The van der Waals surface area contributed by atoms with Crippen LogP contribution >= 0.6 is 0 Å². The van der Waals surface area contributed by atoms with E-state index in [1.165, 1.54) is 0 Å². The van der Waals surface area contributed by atoms with Gasteiger partial charge in [0.15, 0.2) is 0 Å². The van der Waals surface area contributed by atoms with Gasteiger partial charge in [-0.2, -0.15) is 5.10 Å². The summed E-state index contributed by atoms with van der Waals surface area (Å²) in [7, 11) is 0. The number of esters is 1. The molecule has 1 heterocycles. The second kappa shape index (κ2) is 8.93. The number of nitro groups is 1. The molecule has 27 heavy (non-hydrogen) atoms. The molecular weight excluding hydrogens is 352 g/mol. The van der Waals surface area contributed by atoms with E-state index in [2.05, 4.69) is 10.4 Å². The molecule has 0 aliphatic rings. The van der Waals surface area contributed by atoms with Crippen LogP contribution in [-0.4, -0.2) is 33.2 Å². The van der Waals surface area contributed by atoms with Crippen LogP contribution in [0.1, 0.15) is 41.5 Å². The minimum atomic E-state index is -0.444. The van der Waals surface area contributed by atoms with E-state index in [4.69, 9.17) is 4.74 Å². The van der Waals surface area contributed by atoms with E-state index >= 15 is 0 Å². The summed E-state index contributed by atoms with van der Waals surface area (Å²) in [5, 5.41) is 17.9. The zero-order valence-corrected chi connectivity index (χ0v) is 15.5. The van der Waals surface area contributed by atoms with Crippen molar-refractivity contribution in [2.24, 2.45) is 0 Å². The first-order valence-electron chi connectivity index (χ1n) is 8.59. The minimum absolute atomic E-state index is 0.0149. The molecule has 1 aromatic heterocycles. The maximum Gasteiger partial charge on any atom is 0.338 e. The maximum atomic E-state index is 12.0.